The van der Waals surface area contributed by atoms with Crippen molar-refractivity contribution in [1.29, 1.82) is 0 Å². The van der Waals surface area contributed by atoms with Gasteiger partial charge < -0.3 is 25.7 Å². The first kappa shape index (κ1) is 72.8. The molecule has 6 nitrogen and oxygen atoms in total. The van der Waals surface area contributed by atoms with Gasteiger partial charge in [0.15, 0.2) is 0 Å². The predicted octanol–water partition coefficient (Wildman–Crippen LogP) is 20.5. The molecule has 0 bridgehead atoms. The summed E-state index contributed by atoms with van der Waals surface area (Å²) in [5, 5.41) is 44.2. The number of aliphatic hydroxyl groups excluding tert-OH is 4. The van der Waals surface area contributed by atoms with Crippen molar-refractivity contribution >= 4 is 5.91 Å². The number of amides is 1. The van der Waals surface area contributed by atoms with E-state index in [1.54, 1.807) is 0 Å². The summed E-state index contributed by atoms with van der Waals surface area (Å²) in [6, 6.07) is -0.985. The molecule has 1 amide bonds. The molecular weight excluding hydrogens is 911 g/mol. The zero-order valence-corrected chi connectivity index (χ0v) is 50.1. The van der Waals surface area contributed by atoms with Crippen LogP contribution in [0.4, 0.5) is 0 Å². The maximum atomic E-state index is 12.7. The third-order valence-corrected chi connectivity index (χ3v) is 16.2. The first-order valence-corrected chi connectivity index (χ1v) is 33.7. The minimum Gasteiger partial charge on any atom is -0.394 e. The van der Waals surface area contributed by atoms with Gasteiger partial charge in [-0.2, -0.15) is 0 Å². The third kappa shape index (κ3) is 55.5. The van der Waals surface area contributed by atoms with Crippen molar-refractivity contribution in [2.75, 3.05) is 6.61 Å². The van der Waals surface area contributed by atoms with E-state index in [1.807, 2.05) is 0 Å². The lowest BCUT2D eigenvalue weighted by molar-refractivity contribution is -0.132. The van der Waals surface area contributed by atoms with E-state index in [2.05, 4.69) is 43.5 Å². The van der Waals surface area contributed by atoms with Crippen LogP contribution in [0.2, 0.25) is 0 Å². The number of nitrogens with one attached hydrogen (secondary N) is 1. The van der Waals surface area contributed by atoms with Gasteiger partial charge in [-0.1, -0.05) is 353 Å². The normalized spacial score (nSPS) is 13.6. The SMILES string of the molecule is CCCCCCCCCCC/C=C\C/C=C\CCCCCCCCCCCCCCCCCCC(O)C(=O)NC(CO)C(O)C(O)CCCCCCCCCCCCCCCCCCCCCCCCCCCC. The van der Waals surface area contributed by atoms with Crippen LogP contribution < -0.4 is 5.32 Å². The average molecular weight is 1040 g/mol. The highest BCUT2D eigenvalue weighted by molar-refractivity contribution is 5.80. The minimum atomic E-state index is -1.26. The fourth-order valence-electron chi connectivity index (χ4n) is 10.9. The van der Waals surface area contributed by atoms with Crippen molar-refractivity contribution in [2.45, 2.75) is 398 Å². The molecule has 0 heterocycles. The Balaban J connectivity index is 3.55. The largest absolute Gasteiger partial charge is 0.394 e. The second-order valence-electron chi connectivity index (χ2n) is 23.5. The molecule has 0 saturated carbocycles. The highest BCUT2D eigenvalue weighted by Gasteiger charge is 2.28. The van der Waals surface area contributed by atoms with Crippen LogP contribution in [0.3, 0.4) is 0 Å². The third-order valence-electron chi connectivity index (χ3n) is 16.2. The van der Waals surface area contributed by atoms with Crippen molar-refractivity contribution in [2.24, 2.45) is 0 Å². The zero-order chi connectivity index (χ0) is 53.7. The van der Waals surface area contributed by atoms with Gasteiger partial charge in [0.1, 0.15) is 12.2 Å². The number of hydrogen-bond donors (Lipinski definition) is 5. The average Bonchev–Trinajstić information content (AvgIpc) is 3.41. The van der Waals surface area contributed by atoms with Gasteiger partial charge in [0.2, 0.25) is 5.91 Å². The number of carbonyl (C=O) groups is 1. The Morgan fingerprint density at radius 2 is 0.581 bits per heavy atom. The van der Waals surface area contributed by atoms with Gasteiger partial charge in [0.05, 0.1) is 18.8 Å². The Kier molecular flexibility index (Phi) is 61.6. The smallest absolute Gasteiger partial charge is 0.249 e. The molecule has 4 unspecified atom stereocenters. The van der Waals surface area contributed by atoms with Gasteiger partial charge in [0, 0.05) is 0 Å². The molecule has 74 heavy (non-hydrogen) atoms. The summed E-state index contributed by atoms with van der Waals surface area (Å²) >= 11 is 0. The minimum absolute atomic E-state index is 0.372. The first-order valence-electron chi connectivity index (χ1n) is 33.7. The Bertz CT molecular complexity index is 1130. The molecular formula is C68H133NO5. The number of aliphatic hydroxyl groups is 4. The Morgan fingerprint density at radius 3 is 0.851 bits per heavy atom. The summed E-state index contributed by atoms with van der Waals surface area (Å²) in [6.45, 7) is 4.11. The monoisotopic (exact) mass is 1040 g/mol. The highest BCUT2D eigenvalue weighted by Crippen LogP contribution is 2.19. The van der Waals surface area contributed by atoms with Crippen LogP contribution in [0.25, 0.3) is 0 Å². The van der Waals surface area contributed by atoms with Crippen molar-refractivity contribution < 1.29 is 25.2 Å². The van der Waals surface area contributed by atoms with Crippen molar-refractivity contribution in [3.63, 3.8) is 0 Å². The molecule has 0 saturated heterocycles. The van der Waals surface area contributed by atoms with Crippen molar-refractivity contribution in [1.82, 2.24) is 5.32 Å². The summed E-state index contributed by atoms with van der Waals surface area (Å²) in [5.74, 6) is -0.577. The maximum absolute atomic E-state index is 12.7. The molecule has 0 aliphatic rings. The van der Waals surface area contributed by atoms with E-state index >= 15 is 0 Å². The number of rotatable bonds is 63. The van der Waals surface area contributed by atoms with E-state index in [0.717, 1.165) is 44.9 Å². The van der Waals surface area contributed by atoms with Crippen LogP contribution in [0.1, 0.15) is 373 Å². The number of hydrogen-bond acceptors (Lipinski definition) is 5. The molecule has 0 fully saturated rings. The Hall–Kier alpha value is -1.21. The molecule has 0 spiro atoms. The van der Waals surface area contributed by atoms with Gasteiger partial charge in [-0.25, -0.2) is 0 Å². The predicted molar refractivity (Wildman–Crippen MR) is 325 cm³/mol. The van der Waals surface area contributed by atoms with Crippen LogP contribution in [0.5, 0.6) is 0 Å². The quantitative estimate of drug-likeness (QED) is 0.0308. The molecule has 0 aromatic rings. The fourth-order valence-corrected chi connectivity index (χ4v) is 10.9. The van der Waals surface area contributed by atoms with Gasteiger partial charge in [0.25, 0.3) is 0 Å². The van der Waals surface area contributed by atoms with E-state index in [0.29, 0.717) is 12.8 Å². The fraction of sp³-hybridized carbons (Fsp3) is 0.926. The molecule has 4 atom stereocenters. The number of unbranched alkanes of at least 4 members (excludes halogenated alkanes) is 50. The molecule has 0 aromatic heterocycles. The summed E-state index contributed by atoms with van der Waals surface area (Å²) in [7, 11) is 0. The van der Waals surface area contributed by atoms with Gasteiger partial charge in [-0.3, -0.25) is 4.79 Å². The zero-order valence-electron chi connectivity index (χ0n) is 50.1. The standard InChI is InChI=1S/C68H133NO5/c1-3-5-7-9-11-13-15-17-19-21-23-25-27-29-31-32-33-34-35-36-38-40-42-44-46-48-50-52-54-56-58-60-62-66(72)68(74)69-64(63-70)67(73)65(71)61-59-57-55-53-51-49-47-45-43-41-39-37-30-28-26-24-22-20-18-16-14-12-10-8-6-4-2/h23,25,29,31,64-67,70-73H,3-22,24,26-28,30,32-63H2,1-2H3,(H,69,74)/b25-23-,31-29-. The highest BCUT2D eigenvalue weighted by atomic mass is 16.3. The van der Waals surface area contributed by atoms with Gasteiger partial charge >= 0.3 is 0 Å². The van der Waals surface area contributed by atoms with E-state index in [1.165, 1.54) is 302 Å². The first-order chi connectivity index (χ1) is 36.5. The van der Waals surface area contributed by atoms with E-state index in [4.69, 9.17) is 0 Å². The molecule has 6 heteroatoms. The molecule has 0 aliphatic heterocycles. The van der Waals surface area contributed by atoms with Crippen LogP contribution in [0, 0.1) is 0 Å². The lowest BCUT2D eigenvalue weighted by Crippen LogP contribution is -2.53. The molecule has 440 valence electrons. The van der Waals surface area contributed by atoms with E-state index < -0.39 is 36.9 Å². The second kappa shape index (κ2) is 62.6. The molecule has 5 N–H and O–H groups in total. The second-order valence-corrected chi connectivity index (χ2v) is 23.5. The van der Waals surface area contributed by atoms with Crippen LogP contribution in [-0.4, -0.2) is 57.3 Å². The summed E-state index contributed by atoms with van der Waals surface area (Å²) < 4.78 is 0. The molecule has 0 aromatic carbocycles. The van der Waals surface area contributed by atoms with Crippen LogP contribution in [-0.2, 0) is 4.79 Å². The molecule has 0 aliphatic carbocycles. The Labute approximate surface area is 463 Å². The maximum Gasteiger partial charge on any atom is 0.249 e. The lowest BCUT2D eigenvalue weighted by atomic mass is 9.99. The van der Waals surface area contributed by atoms with Gasteiger partial charge in [-0.15, -0.1) is 0 Å². The van der Waals surface area contributed by atoms with Crippen molar-refractivity contribution in [3.8, 4) is 0 Å². The summed E-state index contributed by atoms with van der Waals surface area (Å²) in [4.78, 5) is 12.7. The topological polar surface area (TPSA) is 110 Å². The number of allylic oxidation sites excluding steroid dienone is 4. The van der Waals surface area contributed by atoms with E-state index in [-0.39, 0.29) is 0 Å². The summed E-state index contributed by atoms with van der Waals surface area (Å²) in [5.41, 5.74) is 0. The van der Waals surface area contributed by atoms with E-state index in [9.17, 15) is 25.2 Å². The summed E-state index contributed by atoms with van der Waals surface area (Å²) in [6.07, 6.45) is 78.6. The van der Waals surface area contributed by atoms with Crippen LogP contribution in [0.15, 0.2) is 24.3 Å². The number of carbonyl (C=O) groups excluding carboxylic acids is 1. The Morgan fingerprint density at radius 1 is 0.338 bits per heavy atom. The molecule has 0 rings (SSSR count). The van der Waals surface area contributed by atoms with Crippen LogP contribution >= 0.6 is 0 Å². The molecule has 0 radical (unpaired) electrons. The lowest BCUT2D eigenvalue weighted by Gasteiger charge is -2.27. The van der Waals surface area contributed by atoms with Crippen molar-refractivity contribution in [3.05, 3.63) is 24.3 Å². The van der Waals surface area contributed by atoms with Gasteiger partial charge in [-0.05, 0) is 44.9 Å².